The topological polar surface area (TPSA) is 56.8 Å². The number of benzene rings is 2. The van der Waals surface area contributed by atoms with Crippen LogP contribution in [0.15, 0.2) is 47.4 Å². The Balaban J connectivity index is 1.35. The normalized spacial score (nSPS) is 17.6. The van der Waals surface area contributed by atoms with Crippen molar-refractivity contribution in [2.24, 2.45) is 0 Å². The Kier molecular flexibility index (Phi) is 6.53. The van der Waals surface area contributed by atoms with Crippen molar-refractivity contribution in [1.29, 1.82) is 0 Å². The molecule has 1 N–H and O–H groups in total. The number of thioether (sulfide) groups is 1. The Morgan fingerprint density at radius 2 is 1.72 bits per heavy atom. The van der Waals surface area contributed by atoms with Crippen LogP contribution in [0.1, 0.15) is 18.4 Å². The van der Waals surface area contributed by atoms with E-state index in [1.165, 1.54) is 17.3 Å². The fourth-order valence-corrected chi connectivity index (χ4v) is 4.59. The van der Waals surface area contributed by atoms with Crippen molar-refractivity contribution in [3.8, 4) is 11.5 Å². The summed E-state index contributed by atoms with van der Waals surface area (Å²) >= 11 is 7.55. The van der Waals surface area contributed by atoms with Gasteiger partial charge < -0.3 is 19.5 Å². The smallest absolute Gasteiger partial charge is 0.230 e. The van der Waals surface area contributed by atoms with Crippen molar-refractivity contribution < 1.29 is 19.0 Å². The van der Waals surface area contributed by atoms with Gasteiger partial charge in [0.2, 0.25) is 5.91 Å². The van der Waals surface area contributed by atoms with Gasteiger partial charge in [-0.3, -0.25) is 4.79 Å². The summed E-state index contributed by atoms with van der Waals surface area (Å²) in [6.07, 6.45) is 1.76. The van der Waals surface area contributed by atoms with Crippen LogP contribution in [0.2, 0.25) is 5.02 Å². The van der Waals surface area contributed by atoms with Gasteiger partial charge >= 0.3 is 0 Å². The number of hydrogen-bond acceptors (Lipinski definition) is 5. The first kappa shape index (κ1) is 20.4. The third-order valence-electron chi connectivity index (χ3n) is 5.41. The average molecular weight is 434 g/mol. The van der Waals surface area contributed by atoms with Crippen molar-refractivity contribution in [2.75, 3.05) is 38.7 Å². The van der Waals surface area contributed by atoms with Crippen molar-refractivity contribution in [3.05, 3.63) is 53.1 Å². The first-order valence-electron chi connectivity index (χ1n) is 9.78. The second-order valence-electron chi connectivity index (χ2n) is 7.27. The molecule has 1 fully saturated rings. The summed E-state index contributed by atoms with van der Waals surface area (Å²) in [6.45, 7) is 3.12. The highest BCUT2D eigenvalue weighted by molar-refractivity contribution is 8.00. The Morgan fingerprint density at radius 3 is 2.48 bits per heavy atom. The number of carbonyl (C=O) groups excluding carboxylic acids is 1. The van der Waals surface area contributed by atoms with Gasteiger partial charge in [0.15, 0.2) is 11.5 Å². The van der Waals surface area contributed by atoms with Crippen LogP contribution in [-0.2, 0) is 14.9 Å². The van der Waals surface area contributed by atoms with Gasteiger partial charge in [-0.1, -0.05) is 23.7 Å². The summed E-state index contributed by atoms with van der Waals surface area (Å²) in [4.78, 5) is 13.5. The lowest BCUT2D eigenvalue weighted by Gasteiger charge is -2.38. The van der Waals surface area contributed by atoms with Gasteiger partial charge in [-0.2, -0.15) is 0 Å². The molecule has 0 aromatic heterocycles. The maximum absolute atomic E-state index is 12.5. The van der Waals surface area contributed by atoms with Crippen molar-refractivity contribution >= 4 is 29.3 Å². The Morgan fingerprint density at radius 1 is 1.00 bits per heavy atom. The standard InChI is InChI=1S/C22H24ClNO4S/c23-17-3-1-16(2-4-17)22(7-9-26-10-8-22)15-24-21(25)14-29-18-5-6-19-20(13-18)28-12-11-27-19/h1-6,13H,7-12,14-15H2,(H,24,25). The lowest BCUT2D eigenvalue weighted by atomic mass is 9.74. The minimum absolute atomic E-state index is 0.0183. The molecule has 4 rings (SSSR count). The van der Waals surface area contributed by atoms with Crippen molar-refractivity contribution in [1.82, 2.24) is 5.32 Å². The number of rotatable bonds is 6. The van der Waals surface area contributed by atoms with E-state index >= 15 is 0 Å². The predicted molar refractivity (Wildman–Crippen MR) is 114 cm³/mol. The van der Waals surface area contributed by atoms with Crippen LogP contribution in [0.4, 0.5) is 0 Å². The van der Waals surface area contributed by atoms with E-state index in [1.807, 2.05) is 30.3 Å². The molecule has 0 radical (unpaired) electrons. The summed E-state index contributed by atoms with van der Waals surface area (Å²) in [5.41, 5.74) is 1.09. The van der Waals surface area contributed by atoms with Crippen molar-refractivity contribution in [3.63, 3.8) is 0 Å². The van der Waals surface area contributed by atoms with Crippen LogP contribution in [-0.4, -0.2) is 44.6 Å². The lowest BCUT2D eigenvalue weighted by molar-refractivity contribution is -0.119. The minimum atomic E-state index is -0.111. The highest BCUT2D eigenvalue weighted by Crippen LogP contribution is 2.36. The quantitative estimate of drug-likeness (QED) is 0.696. The van der Waals surface area contributed by atoms with E-state index in [9.17, 15) is 4.79 Å². The molecule has 2 aromatic carbocycles. The first-order valence-corrected chi connectivity index (χ1v) is 11.1. The zero-order chi connectivity index (χ0) is 20.1. The van der Waals surface area contributed by atoms with E-state index in [0.29, 0.717) is 38.7 Å². The highest BCUT2D eigenvalue weighted by Gasteiger charge is 2.34. The van der Waals surface area contributed by atoms with Gasteiger partial charge in [0, 0.05) is 35.1 Å². The van der Waals surface area contributed by atoms with E-state index in [1.54, 1.807) is 0 Å². The van der Waals surface area contributed by atoms with Crippen LogP contribution in [0.3, 0.4) is 0 Å². The van der Waals surface area contributed by atoms with Gasteiger partial charge in [0.1, 0.15) is 13.2 Å². The molecule has 0 atom stereocenters. The number of carbonyl (C=O) groups is 1. The molecule has 1 amide bonds. The van der Waals surface area contributed by atoms with Crippen LogP contribution < -0.4 is 14.8 Å². The lowest BCUT2D eigenvalue weighted by Crippen LogP contribution is -2.45. The van der Waals surface area contributed by atoms with Crippen LogP contribution in [0, 0.1) is 0 Å². The third-order valence-corrected chi connectivity index (χ3v) is 6.66. The zero-order valence-corrected chi connectivity index (χ0v) is 17.7. The average Bonchev–Trinajstić information content (AvgIpc) is 2.77. The number of amides is 1. The molecule has 2 aliphatic rings. The molecule has 2 aliphatic heterocycles. The molecule has 1 saturated heterocycles. The van der Waals surface area contributed by atoms with Crippen LogP contribution in [0.25, 0.3) is 0 Å². The number of nitrogens with one attached hydrogen (secondary N) is 1. The molecule has 2 heterocycles. The molecule has 2 aromatic rings. The molecule has 0 aliphatic carbocycles. The van der Waals surface area contributed by atoms with Crippen LogP contribution >= 0.6 is 23.4 Å². The van der Waals surface area contributed by atoms with Gasteiger partial charge in [-0.15, -0.1) is 11.8 Å². The predicted octanol–water partition coefficient (Wildman–Crippen LogP) is 4.07. The maximum atomic E-state index is 12.5. The molecule has 0 saturated carbocycles. The monoisotopic (exact) mass is 433 g/mol. The van der Waals surface area contributed by atoms with Gasteiger partial charge in [-0.25, -0.2) is 0 Å². The SMILES string of the molecule is O=C(CSc1ccc2c(c1)OCCO2)NCC1(c2ccc(Cl)cc2)CCOCC1. The second-order valence-corrected chi connectivity index (χ2v) is 8.76. The molecule has 0 unspecified atom stereocenters. The second kappa shape index (κ2) is 9.28. The van der Waals surface area contributed by atoms with E-state index in [-0.39, 0.29) is 11.3 Å². The largest absolute Gasteiger partial charge is 0.486 e. The number of ether oxygens (including phenoxy) is 3. The van der Waals surface area contributed by atoms with Gasteiger partial charge in [0.25, 0.3) is 0 Å². The van der Waals surface area contributed by atoms with E-state index in [0.717, 1.165) is 34.3 Å². The van der Waals surface area contributed by atoms with Crippen molar-refractivity contribution in [2.45, 2.75) is 23.2 Å². The summed E-state index contributed by atoms with van der Waals surface area (Å²) in [5.74, 6) is 1.87. The summed E-state index contributed by atoms with van der Waals surface area (Å²) in [5, 5.41) is 3.85. The molecular formula is C22H24ClNO4S. The third kappa shape index (κ3) is 5.00. The van der Waals surface area contributed by atoms with E-state index in [2.05, 4.69) is 17.4 Å². The van der Waals surface area contributed by atoms with E-state index in [4.69, 9.17) is 25.8 Å². The molecule has 0 bridgehead atoms. The fourth-order valence-electron chi connectivity index (χ4n) is 3.71. The molecule has 29 heavy (non-hydrogen) atoms. The molecule has 0 spiro atoms. The van der Waals surface area contributed by atoms with Gasteiger partial charge in [-0.05, 0) is 48.7 Å². The Hall–Kier alpha value is -1.89. The molecule has 154 valence electrons. The Labute approximate surface area is 180 Å². The maximum Gasteiger partial charge on any atom is 0.230 e. The molecule has 5 nitrogen and oxygen atoms in total. The molecular weight excluding hydrogens is 410 g/mol. The summed E-state index contributed by atoms with van der Waals surface area (Å²) in [6, 6.07) is 13.7. The highest BCUT2D eigenvalue weighted by atomic mass is 35.5. The summed E-state index contributed by atoms with van der Waals surface area (Å²) < 4.78 is 16.7. The number of hydrogen-bond donors (Lipinski definition) is 1. The molecule has 7 heteroatoms. The fraction of sp³-hybridized carbons (Fsp3) is 0.409. The van der Waals surface area contributed by atoms with Crippen LogP contribution in [0.5, 0.6) is 11.5 Å². The number of halogens is 1. The zero-order valence-electron chi connectivity index (χ0n) is 16.1. The Bertz CT molecular complexity index is 852. The minimum Gasteiger partial charge on any atom is -0.486 e. The number of fused-ring (bicyclic) bond motifs is 1. The van der Waals surface area contributed by atoms with Gasteiger partial charge in [0.05, 0.1) is 5.75 Å². The first-order chi connectivity index (χ1) is 14.1. The van der Waals surface area contributed by atoms with E-state index < -0.39 is 0 Å². The summed E-state index contributed by atoms with van der Waals surface area (Å²) in [7, 11) is 0.